The lowest BCUT2D eigenvalue weighted by Gasteiger charge is -2.13. The number of hydrogen-bond acceptors (Lipinski definition) is 3. The van der Waals surface area contributed by atoms with Crippen molar-refractivity contribution in [1.29, 1.82) is 0 Å². The first kappa shape index (κ1) is 13.0. The summed E-state index contributed by atoms with van der Waals surface area (Å²) in [5.74, 6) is 0. The van der Waals surface area contributed by atoms with Crippen LogP contribution < -0.4 is 0 Å². The lowest BCUT2D eigenvalue weighted by Crippen LogP contribution is -2.20. The summed E-state index contributed by atoms with van der Waals surface area (Å²) in [6, 6.07) is 0. The van der Waals surface area contributed by atoms with Crippen molar-refractivity contribution in [3.8, 4) is 0 Å². The molecule has 0 aliphatic carbocycles. The number of halogens is 3. The van der Waals surface area contributed by atoms with Crippen molar-refractivity contribution < 1.29 is 23.0 Å². The monoisotopic (exact) mass is 308 g/mol. The van der Waals surface area contributed by atoms with Crippen LogP contribution in [0.1, 0.15) is 19.8 Å². The van der Waals surface area contributed by atoms with E-state index in [0.29, 0.717) is 0 Å². The van der Waals surface area contributed by atoms with E-state index in [4.69, 9.17) is 0 Å². The second-order valence-corrected chi connectivity index (χ2v) is 3.16. The molecular weight excluding hydrogens is 297 g/mol. The van der Waals surface area contributed by atoms with Crippen molar-refractivity contribution >= 4 is 26.6 Å². The predicted octanol–water partition coefficient (Wildman–Crippen LogP) is 2.97. The molecule has 0 N–H and O–H groups in total. The van der Waals surface area contributed by atoms with Gasteiger partial charge in [-0.05, 0) is 0 Å². The topological polar surface area (TPSA) is 35.5 Å². The Morgan fingerprint density at radius 2 is 2.08 bits per heavy atom. The van der Waals surface area contributed by atoms with Crippen LogP contribution in [0.3, 0.4) is 0 Å². The molecule has 0 aliphatic rings. The highest BCUT2D eigenvalue weighted by molar-refractivity contribution is 14.1. The van der Waals surface area contributed by atoms with Gasteiger partial charge in [-0.15, -0.1) is 0 Å². The summed E-state index contributed by atoms with van der Waals surface area (Å²) in [6.07, 6.45) is -3.13. The highest BCUT2D eigenvalue weighted by Gasteiger charge is 2.26. The van der Waals surface area contributed by atoms with Crippen LogP contribution >= 0.6 is 22.6 Å². The smallest absolute Gasteiger partial charge is 0.367 e. The number of carbonyl (C=O) groups is 1. The minimum Gasteiger partial charge on any atom is -0.458 e. The molecule has 3 nitrogen and oxygen atoms in total. The van der Waals surface area contributed by atoms with E-state index in [-0.39, 0.29) is 26.1 Å². The molecular formula is C7H11F2IO3. The van der Waals surface area contributed by atoms with Crippen molar-refractivity contribution in [3.63, 3.8) is 0 Å². The van der Waals surface area contributed by atoms with Gasteiger partial charge < -0.3 is 9.47 Å². The maximum absolute atomic E-state index is 12.4. The van der Waals surface area contributed by atoms with Crippen molar-refractivity contribution in [2.45, 2.75) is 25.9 Å². The fourth-order valence-electron chi connectivity index (χ4n) is 0.535. The third-order valence-corrected chi connectivity index (χ3v) is 1.54. The van der Waals surface area contributed by atoms with E-state index >= 15 is 0 Å². The molecule has 13 heavy (non-hydrogen) atoms. The molecule has 0 fully saturated rings. The quantitative estimate of drug-likeness (QED) is 0.430. The summed E-state index contributed by atoms with van der Waals surface area (Å²) in [5.41, 5.74) is 0. The molecule has 0 saturated heterocycles. The van der Waals surface area contributed by atoms with Crippen molar-refractivity contribution in [1.82, 2.24) is 0 Å². The summed E-state index contributed by atoms with van der Waals surface area (Å²) in [5, 5.41) is 0. The van der Waals surface area contributed by atoms with Gasteiger partial charge in [0.2, 0.25) is 0 Å². The molecule has 6 heteroatoms. The van der Waals surface area contributed by atoms with Crippen molar-refractivity contribution in [2.24, 2.45) is 0 Å². The Kier molecular flexibility index (Phi) is 6.48. The molecule has 78 valence electrons. The maximum Gasteiger partial charge on any atom is 0.367 e. The first-order valence-corrected chi connectivity index (χ1v) is 4.90. The molecule has 0 aliphatic heterocycles. The van der Waals surface area contributed by atoms with E-state index in [1.807, 2.05) is 0 Å². The summed E-state index contributed by atoms with van der Waals surface area (Å²) < 4.78 is 33.1. The minimum absolute atomic E-state index is 0.106. The standard InChI is InChI=1S/C7H11F2IO3/c1-2-7(8,9)13-5-3-4-12-6(10)11/h2-5H2,1H3. The van der Waals surface area contributed by atoms with Crippen LogP contribution in [0.15, 0.2) is 0 Å². The number of ether oxygens (including phenoxy) is 2. The van der Waals surface area contributed by atoms with E-state index in [1.165, 1.54) is 29.5 Å². The van der Waals surface area contributed by atoms with Gasteiger partial charge in [0.05, 0.1) is 35.8 Å². The molecule has 0 aromatic rings. The van der Waals surface area contributed by atoms with Gasteiger partial charge >= 0.3 is 10.1 Å². The molecule has 0 radical (unpaired) electrons. The van der Waals surface area contributed by atoms with Crippen LogP contribution in [0.25, 0.3) is 0 Å². The molecule has 0 spiro atoms. The minimum atomic E-state index is -3.06. The predicted molar refractivity (Wildman–Crippen MR) is 51.2 cm³/mol. The van der Waals surface area contributed by atoms with Gasteiger partial charge in [0.25, 0.3) is 0 Å². The molecule has 0 atom stereocenters. The van der Waals surface area contributed by atoms with Crippen LogP contribution in [0.2, 0.25) is 0 Å². The van der Waals surface area contributed by atoms with Gasteiger partial charge in [0.1, 0.15) is 0 Å². The normalized spacial score (nSPS) is 11.4. The Labute approximate surface area is 88.9 Å². The summed E-state index contributed by atoms with van der Waals surface area (Å²) in [7, 11) is 0. The van der Waals surface area contributed by atoms with E-state index < -0.39 is 10.1 Å². The van der Waals surface area contributed by atoms with Crippen LogP contribution in [0.4, 0.5) is 13.6 Å². The zero-order valence-electron chi connectivity index (χ0n) is 7.19. The molecule has 0 amide bonds. The van der Waals surface area contributed by atoms with E-state index in [1.54, 1.807) is 0 Å². The Balaban J connectivity index is 3.30. The Hall–Kier alpha value is 0.0200. The van der Waals surface area contributed by atoms with Crippen LogP contribution in [0.5, 0.6) is 0 Å². The second-order valence-electron chi connectivity index (χ2n) is 2.28. The summed E-state index contributed by atoms with van der Waals surface area (Å²) in [6.45, 7) is 1.34. The molecule has 0 saturated carbocycles. The highest BCUT2D eigenvalue weighted by atomic mass is 127. The first-order chi connectivity index (χ1) is 5.98. The fourth-order valence-corrected chi connectivity index (χ4v) is 0.755. The Morgan fingerprint density at radius 3 is 2.54 bits per heavy atom. The zero-order chi connectivity index (χ0) is 10.3. The second kappa shape index (κ2) is 6.47. The number of rotatable bonds is 6. The summed E-state index contributed by atoms with van der Waals surface area (Å²) in [4.78, 5) is 10.2. The largest absolute Gasteiger partial charge is 0.458 e. The average molecular weight is 308 g/mol. The Morgan fingerprint density at radius 1 is 1.46 bits per heavy atom. The van der Waals surface area contributed by atoms with E-state index in [2.05, 4.69) is 9.47 Å². The molecule has 0 heterocycles. The fraction of sp³-hybridized carbons (Fsp3) is 0.857. The van der Waals surface area contributed by atoms with Gasteiger partial charge in [0, 0.05) is 12.8 Å². The maximum atomic E-state index is 12.4. The average Bonchev–Trinajstić information content (AvgIpc) is 2.03. The van der Waals surface area contributed by atoms with Crippen molar-refractivity contribution in [3.05, 3.63) is 0 Å². The van der Waals surface area contributed by atoms with Gasteiger partial charge in [-0.25, -0.2) is 4.79 Å². The Bertz CT molecular complexity index is 164. The van der Waals surface area contributed by atoms with Crippen molar-refractivity contribution in [2.75, 3.05) is 13.2 Å². The number of carbonyl (C=O) groups excluding carboxylic acids is 1. The molecule has 0 unspecified atom stereocenters. The van der Waals surface area contributed by atoms with Crippen LogP contribution in [-0.2, 0) is 9.47 Å². The van der Waals surface area contributed by atoms with Crippen LogP contribution in [-0.4, -0.2) is 23.3 Å². The highest BCUT2D eigenvalue weighted by Crippen LogP contribution is 2.19. The third kappa shape index (κ3) is 8.35. The van der Waals surface area contributed by atoms with Gasteiger partial charge in [-0.2, -0.15) is 8.78 Å². The number of hydrogen-bond donors (Lipinski definition) is 0. The van der Waals surface area contributed by atoms with Crippen LogP contribution in [0, 0.1) is 0 Å². The van der Waals surface area contributed by atoms with Gasteiger partial charge in [-0.3, -0.25) is 0 Å². The summed E-state index contributed by atoms with van der Waals surface area (Å²) >= 11 is 1.47. The zero-order valence-corrected chi connectivity index (χ0v) is 9.34. The molecule has 0 aromatic heterocycles. The third-order valence-electron chi connectivity index (χ3n) is 1.23. The lowest BCUT2D eigenvalue weighted by molar-refractivity contribution is -0.240. The first-order valence-electron chi connectivity index (χ1n) is 3.82. The molecule has 0 rings (SSSR count). The van der Waals surface area contributed by atoms with Gasteiger partial charge in [0.15, 0.2) is 0 Å². The SMILES string of the molecule is CCC(F)(F)OCCCOC(=O)I. The molecule has 0 bridgehead atoms. The van der Waals surface area contributed by atoms with E-state index in [0.717, 1.165) is 0 Å². The molecule has 0 aromatic carbocycles. The lowest BCUT2D eigenvalue weighted by atomic mass is 10.4. The van der Waals surface area contributed by atoms with Gasteiger partial charge in [-0.1, -0.05) is 6.92 Å². The number of alkyl halides is 2. The van der Waals surface area contributed by atoms with E-state index in [9.17, 15) is 13.6 Å².